The monoisotopic (exact) mass is 337 g/mol. The van der Waals surface area contributed by atoms with Gasteiger partial charge in [-0.3, -0.25) is 14.4 Å². The van der Waals surface area contributed by atoms with Crippen molar-refractivity contribution in [3.8, 4) is 0 Å². The van der Waals surface area contributed by atoms with Gasteiger partial charge < -0.3 is 15.2 Å². The maximum absolute atomic E-state index is 13.5. The molecule has 3 unspecified atom stereocenters. The predicted octanol–water partition coefficient (Wildman–Crippen LogP) is 1.24. The number of methoxy groups -OCH3 is 1. The fourth-order valence-electron chi connectivity index (χ4n) is 5.20. The zero-order chi connectivity index (χ0) is 18.3. The predicted molar refractivity (Wildman–Crippen MR) is 86.0 cm³/mol. The molecule has 0 radical (unpaired) electrons. The molecule has 2 N–H and O–H groups in total. The van der Waals surface area contributed by atoms with E-state index in [1.165, 1.54) is 7.11 Å². The third kappa shape index (κ3) is 1.76. The Bertz CT molecular complexity index is 634. The van der Waals surface area contributed by atoms with E-state index >= 15 is 0 Å². The lowest BCUT2D eigenvalue weighted by atomic mass is 9.65. The van der Waals surface area contributed by atoms with Crippen molar-refractivity contribution < 1.29 is 23.9 Å². The molecule has 0 spiro atoms. The van der Waals surface area contributed by atoms with E-state index in [0.717, 1.165) is 0 Å². The molecular weight excluding hydrogens is 310 g/mol. The molecule has 3 saturated carbocycles. The van der Waals surface area contributed by atoms with Gasteiger partial charge in [0.25, 0.3) is 0 Å². The topological polar surface area (TPSA) is 95.7 Å². The Hall–Kier alpha value is -1.27. The Balaban J connectivity index is 2.16. The summed E-state index contributed by atoms with van der Waals surface area (Å²) in [5.74, 6) is -2.57. The van der Waals surface area contributed by atoms with Gasteiger partial charge >= 0.3 is 5.97 Å². The smallest absolute Gasteiger partial charge is 0.320 e. The Morgan fingerprint density at radius 3 is 2.29 bits per heavy atom. The van der Waals surface area contributed by atoms with Gasteiger partial charge in [-0.25, -0.2) is 0 Å². The molecule has 5 atom stereocenters. The molecule has 0 aromatic carbocycles. The summed E-state index contributed by atoms with van der Waals surface area (Å²) in [6.45, 7) is 9.30. The van der Waals surface area contributed by atoms with Crippen LogP contribution in [0.2, 0.25) is 0 Å². The van der Waals surface area contributed by atoms with Gasteiger partial charge in [0.2, 0.25) is 0 Å². The third-order valence-electron chi connectivity index (χ3n) is 6.20. The first-order chi connectivity index (χ1) is 10.9. The molecule has 3 aliphatic rings. The molecule has 3 aliphatic carbocycles. The van der Waals surface area contributed by atoms with Crippen LogP contribution >= 0.6 is 0 Å². The van der Waals surface area contributed by atoms with Crippen LogP contribution in [0.25, 0.3) is 0 Å². The second kappa shape index (κ2) is 4.67. The van der Waals surface area contributed by atoms with Crippen molar-refractivity contribution >= 4 is 17.5 Å². The normalized spacial score (nSPS) is 43.2. The molecule has 24 heavy (non-hydrogen) atoms. The molecule has 6 nitrogen and oxygen atoms in total. The number of nitrogens with two attached hydrogens (primary N) is 1. The molecule has 0 saturated heterocycles. The second-order valence-corrected chi connectivity index (χ2v) is 8.98. The van der Waals surface area contributed by atoms with Gasteiger partial charge in [0.05, 0.1) is 24.5 Å². The number of Topliss-reactive ketones (excluding diaryl/α,β-unsaturated/α-hetero) is 2. The van der Waals surface area contributed by atoms with E-state index in [1.807, 2.05) is 34.6 Å². The SMILES string of the molecule is COC(=O)[C@]12CC[C@H](N)C1C(=O)C1(OC(C)(C)C)C(C2=O)C1(C)C. The Kier molecular flexibility index (Phi) is 3.41. The van der Waals surface area contributed by atoms with Gasteiger partial charge in [0.1, 0.15) is 11.0 Å². The number of ether oxygens (including phenoxy) is 2. The lowest BCUT2D eigenvalue weighted by Gasteiger charge is -2.40. The molecule has 0 heterocycles. The molecule has 6 heteroatoms. The number of rotatable bonds is 2. The fraction of sp³-hybridized carbons (Fsp3) is 0.833. The van der Waals surface area contributed by atoms with Gasteiger partial charge in [-0.2, -0.15) is 0 Å². The zero-order valence-electron chi connectivity index (χ0n) is 15.3. The molecule has 0 bridgehead atoms. The average Bonchev–Trinajstić information content (AvgIpc) is 2.76. The number of carbonyl (C=O) groups excluding carboxylic acids is 3. The standard InChI is InChI=1S/C18H27NO5/c1-15(2,3)24-18-11(16(18,4)5)13(21)17(14(22)23-6)8-7-9(19)10(17)12(18)20/h9-11H,7-8,19H2,1-6H3/t9-,10?,11?,17+,18?/m0/s1. The molecule has 3 rings (SSSR count). The minimum absolute atomic E-state index is 0.206. The summed E-state index contributed by atoms with van der Waals surface area (Å²) < 4.78 is 11.1. The van der Waals surface area contributed by atoms with Gasteiger partial charge in [-0.05, 0) is 33.6 Å². The first kappa shape index (κ1) is 17.5. The van der Waals surface area contributed by atoms with Crippen LogP contribution in [-0.4, -0.2) is 41.9 Å². The summed E-state index contributed by atoms with van der Waals surface area (Å²) in [4.78, 5) is 39.4. The van der Waals surface area contributed by atoms with Gasteiger partial charge in [0, 0.05) is 11.5 Å². The maximum Gasteiger partial charge on any atom is 0.320 e. The van der Waals surface area contributed by atoms with Gasteiger partial charge in [-0.15, -0.1) is 0 Å². The van der Waals surface area contributed by atoms with Crippen molar-refractivity contribution in [2.24, 2.45) is 28.4 Å². The second-order valence-electron chi connectivity index (χ2n) is 8.98. The lowest BCUT2D eigenvalue weighted by molar-refractivity contribution is -0.179. The van der Waals surface area contributed by atoms with Crippen molar-refractivity contribution in [2.45, 2.75) is 64.7 Å². The van der Waals surface area contributed by atoms with Crippen LogP contribution in [0, 0.1) is 22.7 Å². The molecule has 0 aromatic heterocycles. The lowest BCUT2D eigenvalue weighted by Crippen LogP contribution is -2.60. The van der Waals surface area contributed by atoms with E-state index in [0.29, 0.717) is 6.42 Å². The Labute approximate surface area is 142 Å². The quantitative estimate of drug-likeness (QED) is 0.602. The van der Waals surface area contributed by atoms with E-state index in [-0.39, 0.29) is 18.0 Å². The van der Waals surface area contributed by atoms with Crippen LogP contribution in [0.4, 0.5) is 0 Å². The van der Waals surface area contributed by atoms with E-state index in [4.69, 9.17) is 15.2 Å². The zero-order valence-corrected chi connectivity index (χ0v) is 15.3. The highest BCUT2D eigenvalue weighted by Crippen LogP contribution is 2.73. The highest BCUT2D eigenvalue weighted by Gasteiger charge is 2.88. The molecule has 134 valence electrons. The number of esters is 1. The largest absolute Gasteiger partial charge is 0.468 e. The summed E-state index contributed by atoms with van der Waals surface area (Å²) in [5, 5.41) is 0. The van der Waals surface area contributed by atoms with Crippen LogP contribution in [-0.2, 0) is 23.9 Å². The van der Waals surface area contributed by atoms with Crippen molar-refractivity contribution in [1.82, 2.24) is 0 Å². The van der Waals surface area contributed by atoms with Crippen LogP contribution in [0.1, 0.15) is 47.5 Å². The fourth-order valence-corrected chi connectivity index (χ4v) is 5.20. The first-order valence-corrected chi connectivity index (χ1v) is 8.50. The minimum atomic E-state index is -1.44. The van der Waals surface area contributed by atoms with Crippen LogP contribution in [0.15, 0.2) is 0 Å². The highest BCUT2D eigenvalue weighted by atomic mass is 16.5. The Morgan fingerprint density at radius 2 is 1.79 bits per heavy atom. The Morgan fingerprint density at radius 1 is 1.21 bits per heavy atom. The summed E-state index contributed by atoms with van der Waals surface area (Å²) in [6, 6.07) is -0.529. The maximum atomic E-state index is 13.5. The number of hydrogen-bond acceptors (Lipinski definition) is 6. The first-order valence-electron chi connectivity index (χ1n) is 8.50. The number of hydrogen-bond donors (Lipinski definition) is 1. The van der Waals surface area contributed by atoms with Gasteiger partial charge in [0.15, 0.2) is 11.6 Å². The van der Waals surface area contributed by atoms with Crippen LogP contribution in [0.5, 0.6) is 0 Å². The number of ketones is 2. The average molecular weight is 337 g/mol. The van der Waals surface area contributed by atoms with Crippen LogP contribution in [0.3, 0.4) is 0 Å². The summed E-state index contributed by atoms with van der Waals surface area (Å²) in [5.41, 5.74) is 2.31. The highest BCUT2D eigenvalue weighted by molar-refractivity contribution is 6.20. The summed E-state index contributed by atoms with van der Waals surface area (Å²) in [7, 11) is 1.25. The van der Waals surface area contributed by atoms with Crippen molar-refractivity contribution in [3.05, 3.63) is 0 Å². The van der Waals surface area contributed by atoms with Crippen molar-refractivity contribution in [1.29, 1.82) is 0 Å². The number of fused-ring (bicyclic) bond motifs is 2. The molecule has 3 fully saturated rings. The molecular formula is C18H27NO5. The van der Waals surface area contributed by atoms with E-state index in [9.17, 15) is 14.4 Å². The van der Waals surface area contributed by atoms with Crippen LogP contribution < -0.4 is 5.73 Å². The molecule has 0 aliphatic heterocycles. The third-order valence-corrected chi connectivity index (χ3v) is 6.20. The molecule has 0 aromatic rings. The van der Waals surface area contributed by atoms with Gasteiger partial charge in [-0.1, -0.05) is 13.8 Å². The number of carbonyl (C=O) groups is 3. The van der Waals surface area contributed by atoms with E-state index < -0.39 is 45.9 Å². The van der Waals surface area contributed by atoms with Crippen molar-refractivity contribution in [3.63, 3.8) is 0 Å². The summed E-state index contributed by atoms with van der Waals surface area (Å²) in [6.07, 6.45) is 0.726. The molecule has 0 amide bonds. The minimum Gasteiger partial charge on any atom is -0.468 e. The van der Waals surface area contributed by atoms with E-state index in [1.54, 1.807) is 0 Å². The van der Waals surface area contributed by atoms with Crippen molar-refractivity contribution in [2.75, 3.05) is 7.11 Å². The summed E-state index contributed by atoms with van der Waals surface area (Å²) >= 11 is 0. The van der Waals surface area contributed by atoms with E-state index in [2.05, 4.69) is 0 Å².